The summed E-state index contributed by atoms with van der Waals surface area (Å²) in [6, 6.07) is 19.5. The van der Waals surface area contributed by atoms with Gasteiger partial charge in [-0.15, -0.1) is 0 Å². The maximum atomic E-state index is 12.9. The number of nitrogens with zero attached hydrogens (tertiary/aromatic N) is 1. The molecule has 0 aliphatic carbocycles. The van der Waals surface area contributed by atoms with Crippen molar-refractivity contribution in [2.24, 2.45) is 0 Å². The maximum Gasteiger partial charge on any atom is 0.287 e. The molecular formula is C23H23ClN2O2. The Hall–Kier alpha value is -2.56. The Labute approximate surface area is 170 Å². The molecule has 1 aromatic heterocycles. The van der Waals surface area contributed by atoms with Crippen molar-refractivity contribution in [2.45, 2.75) is 18.9 Å². The highest BCUT2D eigenvalue weighted by Crippen LogP contribution is 2.30. The highest BCUT2D eigenvalue weighted by molar-refractivity contribution is 6.31. The minimum absolute atomic E-state index is 0.0512. The first-order chi connectivity index (χ1) is 13.7. The Morgan fingerprint density at radius 2 is 1.75 bits per heavy atom. The Morgan fingerprint density at radius 1 is 1.04 bits per heavy atom. The highest BCUT2D eigenvalue weighted by atomic mass is 35.5. The van der Waals surface area contributed by atoms with E-state index in [0.717, 1.165) is 34.8 Å². The van der Waals surface area contributed by atoms with E-state index in [1.54, 1.807) is 6.26 Å². The van der Waals surface area contributed by atoms with Gasteiger partial charge in [0, 0.05) is 17.1 Å². The van der Waals surface area contributed by atoms with E-state index in [9.17, 15) is 4.79 Å². The van der Waals surface area contributed by atoms with Crippen molar-refractivity contribution in [1.82, 2.24) is 10.2 Å². The van der Waals surface area contributed by atoms with Crippen molar-refractivity contribution < 1.29 is 9.21 Å². The molecule has 28 heavy (non-hydrogen) atoms. The maximum absolute atomic E-state index is 12.9. The largest absolute Gasteiger partial charge is 0.459 e. The third kappa shape index (κ3) is 3.98. The molecule has 1 aliphatic rings. The second kappa shape index (κ2) is 8.63. The zero-order valence-electron chi connectivity index (χ0n) is 15.6. The summed E-state index contributed by atoms with van der Waals surface area (Å²) < 4.78 is 5.52. The standard InChI is InChI=1S/C23H23ClN2O2/c24-20-11-5-4-10-19(20)21(26-13-6-7-14-26)16-25-23(27)22-18(12-15-28-22)17-8-2-1-3-9-17/h1-5,8-12,15,21H,6-7,13-14,16H2,(H,25,27)/t21-/m1/s1. The van der Waals surface area contributed by atoms with Gasteiger partial charge < -0.3 is 9.73 Å². The van der Waals surface area contributed by atoms with Gasteiger partial charge in [-0.2, -0.15) is 0 Å². The lowest BCUT2D eigenvalue weighted by Gasteiger charge is -2.28. The number of benzene rings is 2. The number of rotatable bonds is 6. The van der Waals surface area contributed by atoms with E-state index in [1.807, 2.05) is 60.7 Å². The number of halogens is 1. The van der Waals surface area contributed by atoms with Crippen molar-refractivity contribution in [3.05, 3.63) is 83.3 Å². The molecule has 1 aliphatic heterocycles. The van der Waals surface area contributed by atoms with E-state index in [-0.39, 0.29) is 11.9 Å². The topological polar surface area (TPSA) is 45.5 Å². The Bertz CT molecular complexity index is 933. The number of likely N-dealkylation sites (tertiary alicyclic amines) is 1. The predicted molar refractivity (Wildman–Crippen MR) is 111 cm³/mol. The number of nitrogens with one attached hydrogen (secondary N) is 1. The van der Waals surface area contributed by atoms with Crippen LogP contribution in [0.3, 0.4) is 0 Å². The molecule has 0 radical (unpaired) electrons. The van der Waals surface area contributed by atoms with Gasteiger partial charge in [0.15, 0.2) is 5.76 Å². The molecule has 0 spiro atoms. The number of hydrogen-bond donors (Lipinski definition) is 1. The lowest BCUT2D eigenvalue weighted by atomic mass is 10.0. The van der Waals surface area contributed by atoms with Gasteiger partial charge in [-0.25, -0.2) is 0 Å². The summed E-state index contributed by atoms with van der Waals surface area (Å²) in [5.41, 5.74) is 2.81. The Kier molecular flexibility index (Phi) is 5.79. The average molecular weight is 395 g/mol. The Balaban J connectivity index is 1.53. The Morgan fingerprint density at radius 3 is 2.50 bits per heavy atom. The van der Waals surface area contributed by atoms with Crippen LogP contribution in [0.25, 0.3) is 11.1 Å². The molecule has 2 aromatic carbocycles. The molecule has 0 unspecified atom stereocenters. The molecule has 2 heterocycles. The molecule has 4 nitrogen and oxygen atoms in total. The van der Waals surface area contributed by atoms with Gasteiger partial charge in [0.05, 0.1) is 12.3 Å². The van der Waals surface area contributed by atoms with Crippen LogP contribution in [0, 0.1) is 0 Å². The van der Waals surface area contributed by atoms with E-state index in [0.29, 0.717) is 12.3 Å². The quantitative estimate of drug-likeness (QED) is 0.627. The fraction of sp³-hybridized carbons (Fsp3) is 0.261. The van der Waals surface area contributed by atoms with Crippen LogP contribution < -0.4 is 5.32 Å². The minimum Gasteiger partial charge on any atom is -0.459 e. The van der Waals surface area contributed by atoms with Crippen molar-refractivity contribution in [3.8, 4) is 11.1 Å². The third-order valence-electron chi connectivity index (χ3n) is 5.26. The normalized spacial score (nSPS) is 15.5. The lowest BCUT2D eigenvalue weighted by molar-refractivity contribution is 0.0911. The summed E-state index contributed by atoms with van der Waals surface area (Å²) >= 11 is 6.46. The summed E-state index contributed by atoms with van der Waals surface area (Å²) in [5.74, 6) is 0.130. The molecule has 3 aromatic rings. The zero-order chi connectivity index (χ0) is 19.3. The first-order valence-electron chi connectivity index (χ1n) is 9.63. The minimum atomic E-state index is -0.208. The van der Waals surface area contributed by atoms with Crippen LogP contribution in [-0.2, 0) is 0 Å². The summed E-state index contributed by atoms with van der Waals surface area (Å²) in [7, 11) is 0. The molecular weight excluding hydrogens is 372 g/mol. The molecule has 1 saturated heterocycles. The third-order valence-corrected chi connectivity index (χ3v) is 5.60. The second-order valence-electron chi connectivity index (χ2n) is 7.02. The van der Waals surface area contributed by atoms with Gasteiger partial charge in [0.25, 0.3) is 5.91 Å². The molecule has 5 heteroatoms. The van der Waals surface area contributed by atoms with E-state index in [4.69, 9.17) is 16.0 Å². The van der Waals surface area contributed by atoms with Crippen LogP contribution in [0.2, 0.25) is 5.02 Å². The SMILES string of the molecule is O=C(NC[C@H](c1ccccc1Cl)N1CCCC1)c1occc1-c1ccccc1. The number of amides is 1. The van der Waals surface area contributed by atoms with Gasteiger partial charge in [-0.1, -0.05) is 60.1 Å². The fourth-order valence-electron chi connectivity index (χ4n) is 3.83. The van der Waals surface area contributed by atoms with Crippen molar-refractivity contribution >= 4 is 17.5 Å². The van der Waals surface area contributed by atoms with Gasteiger partial charge in [-0.05, 0) is 49.2 Å². The van der Waals surface area contributed by atoms with Crippen LogP contribution in [0.1, 0.15) is 35.0 Å². The van der Waals surface area contributed by atoms with Gasteiger partial charge in [0.2, 0.25) is 0 Å². The van der Waals surface area contributed by atoms with Crippen LogP contribution in [0.4, 0.5) is 0 Å². The summed E-state index contributed by atoms with van der Waals surface area (Å²) in [6.45, 7) is 2.51. The number of furan rings is 1. The first-order valence-corrected chi connectivity index (χ1v) is 10.0. The molecule has 1 fully saturated rings. The van der Waals surface area contributed by atoms with Crippen LogP contribution >= 0.6 is 11.6 Å². The van der Waals surface area contributed by atoms with E-state index in [2.05, 4.69) is 10.2 Å². The molecule has 144 valence electrons. The van der Waals surface area contributed by atoms with E-state index < -0.39 is 0 Å². The fourth-order valence-corrected chi connectivity index (χ4v) is 4.10. The highest BCUT2D eigenvalue weighted by Gasteiger charge is 2.26. The zero-order valence-corrected chi connectivity index (χ0v) is 16.4. The second-order valence-corrected chi connectivity index (χ2v) is 7.43. The van der Waals surface area contributed by atoms with Gasteiger partial charge in [-0.3, -0.25) is 9.69 Å². The van der Waals surface area contributed by atoms with Gasteiger partial charge in [0.1, 0.15) is 0 Å². The van der Waals surface area contributed by atoms with Crippen molar-refractivity contribution in [1.29, 1.82) is 0 Å². The summed E-state index contributed by atoms with van der Waals surface area (Å²) in [5, 5.41) is 3.80. The molecule has 0 bridgehead atoms. The average Bonchev–Trinajstić information content (AvgIpc) is 3.42. The van der Waals surface area contributed by atoms with Crippen molar-refractivity contribution in [3.63, 3.8) is 0 Å². The lowest BCUT2D eigenvalue weighted by Crippen LogP contribution is -2.37. The van der Waals surface area contributed by atoms with Gasteiger partial charge >= 0.3 is 0 Å². The first kappa shape index (κ1) is 18.8. The monoisotopic (exact) mass is 394 g/mol. The molecule has 1 atom stereocenters. The van der Waals surface area contributed by atoms with Crippen LogP contribution in [0.5, 0.6) is 0 Å². The van der Waals surface area contributed by atoms with Crippen LogP contribution in [0.15, 0.2) is 71.3 Å². The predicted octanol–water partition coefficient (Wildman–Crippen LogP) is 5.17. The van der Waals surface area contributed by atoms with E-state index in [1.165, 1.54) is 12.8 Å². The van der Waals surface area contributed by atoms with Crippen LogP contribution in [-0.4, -0.2) is 30.4 Å². The molecule has 0 saturated carbocycles. The number of hydrogen-bond acceptors (Lipinski definition) is 3. The molecule has 1 amide bonds. The molecule has 4 rings (SSSR count). The summed E-state index contributed by atoms with van der Waals surface area (Å²) in [6.07, 6.45) is 3.90. The number of carbonyl (C=O) groups excluding carboxylic acids is 1. The van der Waals surface area contributed by atoms with E-state index >= 15 is 0 Å². The smallest absolute Gasteiger partial charge is 0.287 e. The molecule has 1 N–H and O–H groups in total. The number of carbonyl (C=O) groups is 1. The summed E-state index contributed by atoms with van der Waals surface area (Å²) in [4.78, 5) is 15.3. The van der Waals surface area contributed by atoms with Crippen molar-refractivity contribution in [2.75, 3.05) is 19.6 Å².